The van der Waals surface area contributed by atoms with E-state index in [0.29, 0.717) is 5.56 Å². The zero-order valence-corrected chi connectivity index (χ0v) is 14.9. The Morgan fingerprint density at radius 3 is 2.84 bits per heavy atom. The van der Waals surface area contributed by atoms with Gasteiger partial charge in [0.25, 0.3) is 5.91 Å². The maximum Gasteiger partial charge on any atom is 0.253 e. The molecule has 2 bridgehead atoms. The normalized spacial score (nSPS) is 30.0. The molecule has 0 radical (unpaired) electrons. The maximum absolute atomic E-state index is 12.9. The fourth-order valence-corrected chi connectivity index (χ4v) is 4.91. The molecule has 25 heavy (non-hydrogen) atoms. The minimum atomic E-state index is -0.0200. The Morgan fingerprint density at radius 2 is 2.20 bits per heavy atom. The van der Waals surface area contributed by atoms with Crippen LogP contribution in [0.3, 0.4) is 0 Å². The van der Waals surface area contributed by atoms with E-state index in [0.717, 1.165) is 38.1 Å². The summed E-state index contributed by atoms with van der Waals surface area (Å²) >= 11 is 0. The van der Waals surface area contributed by atoms with Gasteiger partial charge >= 0.3 is 0 Å². The molecule has 1 atom stereocenters. The number of carbonyl (C=O) groups is 1. The lowest BCUT2D eigenvalue weighted by molar-refractivity contribution is -0.0312. The maximum atomic E-state index is 12.9. The second-order valence-electron chi connectivity index (χ2n) is 7.76. The van der Waals surface area contributed by atoms with Gasteiger partial charge in [0.1, 0.15) is 0 Å². The molecule has 1 saturated carbocycles. The zero-order valence-electron chi connectivity index (χ0n) is 14.9. The van der Waals surface area contributed by atoms with Gasteiger partial charge in [0.2, 0.25) is 0 Å². The lowest BCUT2D eigenvalue weighted by Gasteiger charge is -2.57. The van der Waals surface area contributed by atoms with Crippen molar-refractivity contribution >= 4 is 5.91 Å². The molecule has 5 rings (SSSR count). The molecule has 4 heteroatoms. The highest BCUT2D eigenvalue weighted by Gasteiger charge is 2.50. The Balaban J connectivity index is 1.66. The van der Waals surface area contributed by atoms with Crippen molar-refractivity contribution in [1.29, 1.82) is 0 Å². The third-order valence-corrected chi connectivity index (χ3v) is 6.36. The van der Waals surface area contributed by atoms with Crippen LogP contribution >= 0.6 is 0 Å². The number of aromatic nitrogens is 1. The van der Waals surface area contributed by atoms with Crippen molar-refractivity contribution in [1.82, 2.24) is 15.2 Å². The van der Waals surface area contributed by atoms with Crippen molar-refractivity contribution in [3.8, 4) is 0 Å². The molecular weight excluding hydrogens is 310 g/mol. The first-order valence-corrected chi connectivity index (χ1v) is 9.48. The molecule has 132 valence electrons. The lowest BCUT2D eigenvalue weighted by atomic mass is 9.65. The van der Waals surface area contributed by atoms with Gasteiger partial charge in [-0.2, -0.15) is 0 Å². The highest BCUT2D eigenvalue weighted by molar-refractivity contribution is 5.94. The van der Waals surface area contributed by atoms with Gasteiger partial charge in [0.05, 0.1) is 11.6 Å². The van der Waals surface area contributed by atoms with E-state index in [2.05, 4.69) is 40.5 Å². The van der Waals surface area contributed by atoms with Gasteiger partial charge in [0, 0.05) is 24.5 Å². The molecule has 1 aromatic rings. The van der Waals surface area contributed by atoms with Crippen LogP contribution in [0.4, 0.5) is 0 Å². The van der Waals surface area contributed by atoms with Crippen LogP contribution in [0.5, 0.6) is 0 Å². The van der Waals surface area contributed by atoms with Crippen LogP contribution in [0, 0.1) is 5.92 Å². The van der Waals surface area contributed by atoms with Crippen LogP contribution < -0.4 is 5.32 Å². The fourth-order valence-electron chi connectivity index (χ4n) is 4.91. The molecule has 4 nitrogen and oxygen atoms in total. The summed E-state index contributed by atoms with van der Waals surface area (Å²) in [5.74, 6) is 0.811. The van der Waals surface area contributed by atoms with Crippen LogP contribution in [-0.4, -0.2) is 41.0 Å². The number of carbonyl (C=O) groups excluding carboxylic acids is 1. The number of allylic oxidation sites excluding steroid dienone is 2. The van der Waals surface area contributed by atoms with Crippen LogP contribution in [0.15, 0.2) is 48.3 Å². The zero-order chi connectivity index (χ0) is 17.3. The molecular formula is C21H27N3O. The van der Waals surface area contributed by atoms with E-state index in [-0.39, 0.29) is 17.5 Å². The van der Waals surface area contributed by atoms with Gasteiger partial charge < -0.3 is 5.32 Å². The molecule has 1 N–H and O–H groups in total. The number of fused-ring (bicyclic) bond motifs is 3. The van der Waals surface area contributed by atoms with E-state index in [1.165, 1.54) is 18.4 Å². The van der Waals surface area contributed by atoms with Crippen LogP contribution in [0.25, 0.3) is 0 Å². The molecule has 0 aromatic carbocycles. The average Bonchev–Trinajstić information content (AvgIpc) is 2.68. The Bertz CT molecular complexity index is 686. The Kier molecular flexibility index (Phi) is 4.46. The highest BCUT2D eigenvalue weighted by atomic mass is 16.1. The first-order valence-electron chi connectivity index (χ1n) is 9.48. The smallest absolute Gasteiger partial charge is 0.253 e. The summed E-state index contributed by atoms with van der Waals surface area (Å²) in [7, 11) is 2.24. The second kappa shape index (κ2) is 6.75. The third kappa shape index (κ3) is 3.04. The van der Waals surface area contributed by atoms with Crippen molar-refractivity contribution in [2.75, 3.05) is 13.6 Å². The molecule has 2 saturated heterocycles. The van der Waals surface area contributed by atoms with E-state index in [4.69, 9.17) is 0 Å². The van der Waals surface area contributed by atoms with Crippen molar-refractivity contribution < 1.29 is 4.79 Å². The third-order valence-electron chi connectivity index (χ3n) is 6.36. The quantitative estimate of drug-likeness (QED) is 0.916. The minimum absolute atomic E-state index is 0.0200. The molecule has 1 unspecified atom stereocenters. The number of pyridine rings is 1. The Hall–Kier alpha value is -1.94. The standard InChI is InChI=1S/C21H27N3O/c1-24-15-16-9-11-21(24,12-10-16)19(17-6-3-2-4-7-17)23-20(25)18-8-5-13-22-14-18/h3,5-8,13-14,16,19H,2,4,9-12,15H2,1H3,(H,23,25). The Morgan fingerprint density at radius 1 is 1.36 bits per heavy atom. The molecule has 1 amide bonds. The fraction of sp³-hybridized carbons (Fsp3) is 0.524. The van der Waals surface area contributed by atoms with Gasteiger partial charge in [-0.05, 0) is 69.2 Å². The van der Waals surface area contributed by atoms with Crippen molar-refractivity contribution in [2.24, 2.45) is 5.92 Å². The van der Waals surface area contributed by atoms with Crippen LogP contribution in [0.2, 0.25) is 0 Å². The number of piperidine rings is 2. The largest absolute Gasteiger partial charge is 0.343 e. The van der Waals surface area contributed by atoms with E-state index in [1.807, 2.05) is 12.1 Å². The number of hydrogen-bond donors (Lipinski definition) is 1. The average molecular weight is 337 g/mol. The number of likely N-dealkylation sites (N-methyl/N-ethyl adjacent to an activating group) is 1. The summed E-state index contributed by atoms with van der Waals surface area (Å²) in [5.41, 5.74) is 1.95. The molecule has 2 aliphatic heterocycles. The van der Waals surface area contributed by atoms with Crippen molar-refractivity contribution in [3.05, 3.63) is 53.9 Å². The molecule has 1 aromatic heterocycles. The second-order valence-corrected chi connectivity index (χ2v) is 7.76. The summed E-state index contributed by atoms with van der Waals surface area (Å²) in [6, 6.07) is 3.70. The predicted molar refractivity (Wildman–Crippen MR) is 99.3 cm³/mol. The van der Waals surface area contributed by atoms with Gasteiger partial charge in [-0.3, -0.25) is 14.7 Å². The van der Waals surface area contributed by atoms with Crippen molar-refractivity contribution in [2.45, 2.75) is 50.1 Å². The monoisotopic (exact) mass is 337 g/mol. The number of rotatable bonds is 4. The topological polar surface area (TPSA) is 45.2 Å². The van der Waals surface area contributed by atoms with E-state index < -0.39 is 0 Å². The van der Waals surface area contributed by atoms with Gasteiger partial charge in [-0.25, -0.2) is 0 Å². The molecule has 3 heterocycles. The van der Waals surface area contributed by atoms with E-state index in [1.54, 1.807) is 12.4 Å². The summed E-state index contributed by atoms with van der Waals surface area (Å²) in [4.78, 5) is 19.5. The van der Waals surface area contributed by atoms with Gasteiger partial charge in [0.15, 0.2) is 0 Å². The number of nitrogens with one attached hydrogen (secondary N) is 1. The SMILES string of the molecule is CN1CC2CCC1(C(NC(=O)c1cccnc1)C1=CCCC=C1)CC2. The molecule has 0 spiro atoms. The lowest BCUT2D eigenvalue weighted by Crippen LogP contribution is -2.67. The van der Waals surface area contributed by atoms with Crippen LogP contribution in [0.1, 0.15) is 48.9 Å². The Labute approximate surface area is 150 Å². The first-order chi connectivity index (χ1) is 12.2. The minimum Gasteiger partial charge on any atom is -0.343 e. The van der Waals surface area contributed by atoms with Crippen LogP contribution in [-0.2, 0) is 0 Å². The number of nitrogens with zero attached hydrogens (tertiary/aromatic N) is 2. The molecule has 2 aliphatic carbocycles. The van der Waals surface area contributed by atoms with Crippen molar-refractivity contribution in [3.63, 3.8) is 0 Å². The van der Waals surface area contributed by atoms with E-state index in [9.17, 15) is 4.79 Å². The van der Waals surface area contributed by atoms with E-state index >= 15 is 0 Å². The summed E-state index contributed by atoms with van der Waals surface area (Å²) < 4.78 is 0. The highest BCUT2D eigenvalue weighted by Crippen LogP contribution is 2.46. The van der Waals surface area contributed by atoms with Gasteiger partial charge in [-0.15, -0.1) is 0 Å². The molecule has 3 fully saturated rings. The summed E-state index contributed by atoms with van der Waals surface area (Å²) in [6.45, 7) is 1.15. The van der Waals surface area contributed by atoms with Gasteiger partial charge in [-0.1, -0.05) is 18.2 Å². The first kappa shape index (κ1) is 16.5. The number of amides is 1. The summed E-state index contributed by atoms with van der Waals surface area (Å²) in [6.07, 6.45) is 17.2. The molecule has 4 aliphatic rings. The predicted octanol–water partition coefficient (Wildman–Crippen LogP) is 3.33. The summed E-state index contributed by atoms with van der Waals surface area (Å²) in [5, 5.41) is 3.38. The number of hydrogen-bond acceptors (Lipinski definition) is 3.